The molecule has 0 atom stereocenters. The van der Waals surface area contributed by atoms with Crippen LogP contribution in [0.5, 0.6) is 0 Å². The van der Waals surface area contributed by atoms with Crippen molar-refractivity contribution >= 4 is 22.8 Å². The van der Waals surface area contributed by atoms with Gasteiger partial charge in [0.25, 0.3) is 5.91 Å². The van der Waals surface area contributed by atoms with Crippen molar-refractivity contribution in [3.8, 4) is 0 Å². The lowest BCUT2D eigenvalue weighted by molar-refractivity contribution is -0.126. The zero-order valence-electron chi connectivity index (χ0n) is 16.3. The molecule has 1 saturated heterocycles. The minimum Gasteiger partial charge on any atom is -0.451 e. The molecule has 0 radical (unpaired) electrons. The number of carbonyl (C=O) groups is 2. The van der Waals surface area contributed by atoms with Crippen LogP contribution in [0.1, 0.15) is 53.9 Å². The zero-order chi connectivity index (χ0) is 19.0. The second kappa shape index (κ2) is 7.14. The highest BCUT2D eigenvalue weighted by molar-refractivity contribution is 5.99. The van der Waals surface area contributed by atoms with Gasteiger partial charge in [0, 0.05) is 36.0 Å². The molecule has 2 amide bonds. The molecule has 0 saturated carbocycles. The van der Waals surface area contributed by atoms with Gasteiger partial charge in [-0.3, -0.25) is 9.59 Å². The van der Waals surface area contributed by atoms with Gasteiger partial charge in [0.2, 0.25) is 5.91 Å². The Balaban J connectivity index is 1.74. The van der Waals surface area contributed by atoms with Crippen LogP contribution in [0.25, 0.3) is 11.0 Å². The van der Waals surface area contributed by atoms with E-state index in [1.807, 2.05) is 38.7 Å². The van der Waals surface area contributed by atoms with Crippen molar-refractivity contribution in [2.24, 2.45) is 5.92 Å². The average Bonchev–Trinajstić information content (AvgIpc) is 2.90. The molecule has 0 unspecified atom stereocenters. The molecule has 1 N–H and O–H groups in total. The second-order valence-electron chi connectivity index (χ2n) is 7.72. The van der Waals surface area contributed by atoms with Crippen LogP contribution in [0.3, 0.4) is 0 Å². The average molecular weight is 356 g/mol. The Morgan fingerprint density at radius 2 is 1.73 bits per heavy atom. The van der Waals surface area contributed by atoms with E-state index in [2.05, 4.69) is 18.3 Å². The fourth-order valence-corrected chi connectivity index (χ4v) is 3.57. The Kier molecular flexibility index (Phi) is 5.08. The van der Waals surface area contributed by atoms with Crippen LogP contribution in [-0.2, 0) is 4.79 Å². The molecule has 26 heavy (non-hydrogen) atoms. The Bertz CT molecular complexity index is 843. The number of likely N-dealkylation sites (tertiary alicyclic amines) is 1. The molecule has 1 aromatic carbocycles. The quantitative estimate of drug-likeness (QED) is 0.911. The standard InChI is InChI=1S/C21H28N2O3/c1-12(2)22-20(24)16-6-8-23(9-7-16)21(25)19-15(5)17-10-13(3)14(4)11-18(17)26-19/h10-12,16H,6-9H2,1-5H3,(H,22,24). The summed E-state index contributed by atoms with van der Waals surface area (Å²) in [6.07, 6.45) is 1.39. The van der Waals surface area contributed by atoms with Gasteiger partial charge in [0.1, 0.15) is 5.58 Å². The van der Waals surface area contributed by atoms with Crippen LogP contribution in [0.2, 0.25) is 0 Å². The van der Waals surface area contributed by atoms with E-state index in [1.54, 1.807) is 0 Å². The Hall–Kier alpha value is -2.30. The fraction of sp³-hybridized carbons (Fsp3) is 0.524. The maximum absolute atomic E-state index is 12.9. The SMILES string of the molecule is Cc1cc2oc(C(=O)N3CCC(C(=O)NC(C)C)CC3)c(C)c2cc1C. The fourth-order valence-electron chi connectivity index (χ4n) is 3.57. The number of carbonyl (C=O) groups excluding carboxylic acids is 2. The lowest BCUT2D eigenvalue weighted by Crippen LogP contribution is -2.44. The predicted octanol–water partition coefficient (Wildman–Crippen LogP) is 3.73. The van der Waals surface area contributed by atoms with E-state index in [4.69, 9.17) is 4.42 Å². The summed E-state index contributed by atoms with van der Waals surface area (Å²) in [5.41, 5.74) is 4.01. The monoisotopic (exact) mass is 356 g/mol. The number of rotatable bonds is 3. The van der Waals surface area contributed by atoms with Crippen molar-refractivity contribution in [2.45, 2.75) is 53.5 Å². The van der Waals surface area contributed by atoms with Crippen molar-refractivity contribution < 1.29 is 14.0 Å². The normalized spacial score (nSPS) is 15.7. The first-order chi connectivity index (χ1) is 12.3. The van der Waals surface area contributed by atoms with E-state index >= 15 is 0 Å². The predicted molar refractivity (Wildman–Crippen MR) is 102 cm³/mol. The molecule has 5 nitrogen and oxygen atoms in total. The molecule has 0 bridgehead atoms. The van der Waals surface area contributed by atoms with Gasteiger partial charge < -0.3 is 14.6 Å². The van der Waals surface area contributed by atoms with E-state index in [9.17, 15) is 9.59 Å². The molecule has 1 aromatic heterocycles. The molecule has 2 aromatic rings. The van der Waals surface area contributed by atoms with Crippen molar-refractivity contribution in [3.05, 3.63) is 34.6 Å². The summed E-state index contributed by atoms with van der Waals surface area (Å²) in [6.45, 7) is 11.1. The number of hydrogen-bond acceptors (Lipinski definition) is 3. The van der Waals surface area contributed by atoms with E-state index in [1.165, 1.54) is 5.56 Å². The molecule has 0 aliphatic carbocycles. The molecule has 1 fully saturated rings. The maximum atomic E-state index is 12.9. The first kappa shape index (κ1) is 18.5. The summed E-state index contributed by atoms with van der Waals surface area (Å²) >= 11 is 0. The lowest BCUT2D eigenvalue weighted by atomic mass is 9.95. The first-order valence-electron chi connectivity index (χ1n) is 9.38. The molecule has 0 spiro atoms. The molecule has 5 heteroatoms. The zero-order valence-corrected chi connectivity index (χ0v) is 16.3. The highest BCUT2D eigenvalue weighted by Crippen LogP contribution is 2.29. The van der Waals surface area contributed by atoms with E-state index in [0.29, 0.717) is 31.7 Å². The smallest absolute Gasteiger partial charge is 0.289 e. The second-order valence-corrected chi connectivity index (χ2v) is 7.72. The Morgan fingerprint density at radius 1 is 1.12 bits per heavy atom. The van der Waals surface area contributed by atoms with Crippen LogP contribution >= 0.6 is 0 Å². The molecular weight excluding hydrogens is 328 g/mol. The summed E-state index contributed by atoms with van der Waals surface area (Å²) in [5.74, 6) is 0.438. The largest absolute Gasteiger partial charge is 0.451 e. The summed E-state index contributed by atoms with van der Waals surface area (Å²) in [5, 5.41) is 3.97. The van der Waals surface area contributed by atoms with Gasteiger partial charge in [0.15, 0.2) is 5.76 Å². The van der Waals surface area contributed by atoms with Crippen LogP contribution < -0.4 is 5.32 Å². The van der Waals surface area contributed by atoms with Crippen molar-refractivity contribution in [3.63, 3.8) is 0 Å². The summed E-state index contributed by atoms with van der Waals surface area (Å²) < 4.78 is 5.91. The molecule has 2 heterocycles. The van der Waals surface area contributed by atoms with Gasteiger partial charge in [-0.05, 0) is 70.7 Å². The molecular formula is C21H28N2O3. The number of nitrogens with zero attached hydrogens (tertiary/aromatic N) is 1. The molecule has 1 aliphatic rings. The minimum absolute atomic E-state index is 0.0106. The summed E-state index contributed by atoms with van der Waals surface area (Å²) in [7, 11) is 0. The summed E-state index contributed by atoms with van der Waals surface area (Å²) in [6, 6.07) is 4.23. The van der Waals surface area contributed by atoms with Gasteiger partial charge in [-0.15, -0.1) is 0 Å². The van der Waals surface area contributed by atoms with Crippen LogP contribution in [0, 0.1) is 26.7 Å². The number of furan rings is 1. The number of amides is 2. The van der Waals surface area contributed by atoms with Crippen molar-refractivity contribution in [2.75, 3.05) is 13.1 Å². The highest BCUT2D eigenvalue weighted by atomic mass is 16.3. The highest BCUT2D eigenvalue weighted by Gasteiger charge is 2.30. The number of hydrogen-bond donors (Lipinski definition) is 1. The van der Waals surface area contributed by atoms with E-state index < -0.39 is 0 Å². The molecule has 140 valence electrons. The van der Waals surface area contributed by atoms with E-state index in [0.717, 1.165) is 22.1 Å². The third-order valence-electron chi connectivity index (χ3n) is 5.33. The molecule has 1 aliphatic heterocycles. The van der Waals surface area contributed by atoms with Crippen LogP contribution in [0.4, 0.5) is 0 Å². The Morgan fingerprint density at radius 3 is 2.35 bits per heavy atom. The Labute approximate surface area is 154 Å². The van der Waals surface area contributed by atoms with Gasteiger partial charge in [-0.1, -0.05) is 0 Å². The van der Waals surface area contributed by atoms with Gasteiger partial charge in [0.05, 0.1) is 0 Å². The van der Waals surface area contributed by atoms with Gasteiger partial charge >= 0.3 is 0 Å². The number of aryl methyl sites for hydroxylation is 3. The minimum atomic E-state index is -0.0725. The van der Waals surface area contributed by atoms with Crippen LogP contribution in [-0.4, -0.2) is 35.8 Å². The topological polar surface area (TPSA) is 62.6 Å². The van der Waals surface area contributed by atoms with Gasteiger partial charge in [-0.25, -0.2) is 0 Å². The lowest BCUT2D eigenvalue weighted by Gasteiger charge is -2.31. The van der Waals surface area contributed by atoms with Crippen LogP contribution in [0.15, 0.2) is 16.5 Å². The van der Waals surface area contributed by atoms with Crippen molar-refractivity contribution in [1.82, 2.24) is 10.2 Å². The number of benzene rings is 1. The van der Waals surface area contributed by atoms with Crippen molar-refractivity contribution in [1.29, 1.82) is 0 Å². The number of nitrogens with one attached hydrogen (secondary N) is 1. The number of piperidine rings is 1. The molecule has 3 rings (SSSR count). The third kappa shape index (κ3) is 3.48. The maximum Gasteiger partial charge on any atom is 0.289 e. The first-order valence-corrected chi connectivity index (χ1v) is 9.38. The summed E-state index contributed by atoms with van der Waals surface area (Å²) in [4.78, 5) is 26.9. The van der Waals surface area contributed by atoms with Gasteiger partial charge in [-0.2, -0.15) is 0 Å². The number of fused-ring (bicyclic) bond motifs is 1. The third-order valence-corrected chi connectivity index (χ3v) is 5.33. The van der Waals surface area contributed by atoms with E-state index in [-0.39, 0.29) is 23.8 Å².